The zero-order valence-corrected chi connectivity index (χ0v) is 21.9. The predicted molar refractivity (Wildman–Crippen MR) is 147 cm³/mol. The highest BCUT2D eigenvalue weighted by molar-refractivity contribution is 8.14. The second-order valence-electron chi connectivity index (χ2n) is 8.36. The number of carbonyl (C=O) groups excluding carboxylic acids is 2. The number of tetrazole rings is 1. The Bertz CT molecular complexity index is 1480. The minimum Gasteiger partial charge on any atom is -0.464 e. The van der Waals surface area contributed by atoms with Gasteiger partial charge in [-0.25, -0.2) is 4.79 Å². The van der Waals surface area contributed by atoms with Crippen molar-refractivity contribution in [2.75, 3.05) is 12.4 Å². The minimum atomic E-state index is -0.559. The Morgan fingerprint density at radius 3 is 2.53 bits per heavy atom. The van der Waals surface area contributed by atoms with Crippen molar-refractivity contribution in [3.63, 3.8) is 0 Å². The first-order valence-electron chi connectivity index (χ1n) is 11.9. The van der Waals surface area contributed by atoms with Crippen molar-refractivity contribution >= 4 is 40.4 Å². The molecular weight excluding hydrogens is 524 g/mol. The Kier molecular flexibility index (Phi) is 7.81. The number of hydrogen-bond acceptors (Lipinski definition) is 7. The molecular formula is C27H23ClN6O3S. The Balaban J connectivity index is 1.42. The Morgan fingerprint density at radius 1 is 1.08 bits per heavy atom. The third-order valence-corrected chi connectivity index (χ3v) is 7.38. The van der Waals surface area contributed by atoms with Crippen molar-refractivity contribution < 1.29 is 14.3 Å². The molecule has 38 heavy (non-hydrogen) atoms. The molecule has 1 amide bonds. The fourth-order valence-corrected chi connectivity index (χ4v) is 5.49. The molecule has 4 aromatic rings. The number of aliphatic imine (C=N–C) groups is 1. The molecule has 1 aliphatic rings. The van der Waals surface area contributed by atoms with Crippen LogP contribution in [-0.2, 0) is 16.1 Å². The topological polar surface area (TPSA) is 113 Å². The fraction of sp³-hybridized carbons (Fsp3) is 0.185. The molecule has 1 N–H and O–H groups in total. The van der Waals surface area contributed by atoms with Gasteiger partial charge in [-0.15, -0.1) is 10.2 Å². The number of nitrogens with zero attached hydrogens (tertiary/aromatic N) is 5. The first kappa shape index (κ1) is 25.6. The summed E-state index contributed by atoms with van der Waals surface area (Å²) in [6, 6.07) is 22.0. The van der Waals surface area contributed by atoms with E-state index in [1.807, 2.05) is 53.4 Å². The molecule has 2 heterocycles. The lowest BCUT2D eigenvalue weighted by molar-refractivity contribution is -0.147. The maximum atomic E-state index is 12.9. The summed E-state index contributed by atoms with van der Waals surface area (Å²) < 4.78 is 5.30. The number of benzene rings is 3. The predicted octanol–water partition coefficient (Wildman–Crippen LogP) is 4.86. The fourth-order valence-electron chi connectivity index (χ4n) is 4.14. The molecule has 0 aliphatic carbocycles. The van der Waals surface area contributed by atoms with Gasteiger partial charge in [0.05, 0.1) is 17.2 Å². The van der Waals surface area contributed by atoms with Crippen LogP contribution in [0.15, 0.2) is 77.8 Å². The van der Waals surface area contributed by atoms with E-state index in [1.54, 1.807) is 31.2 Å². The van der Waals surface area contributed by atoms with Crippen LogP contribution in [0.4, 0.5) is 0 Å². The summed E-state index contributed by atoms with van der Waals surface area (Å²) in [6.45, 7) is 2.41. The maximum Gasteiger partial charge on any atom is 0.329 e. The molecule has 0 bridgehead atoms. The first-order valence-corrected chi connectivity index (χ1v) is 13.3. The highest BCUT2D eigenvalue weighted by Crippen LogP contribution is 2.32. The van der Waals surface area contributed by atoms with Crippen LogP contribution in [0.1, 0.15) is 22.8 Å². The summed E-state index contributed by atoms with van der Waals surface area (Å²) in [4.78, 5) is 31.8. The number of amidine groups is 1. The molecule has 1 atom stereocenters. The van der Waals surface area contributed by atoms with E-state index in [2.05, 4.69) is 25.6 Å². The molecule has 0 radical (unpaired) electrons. The number of nitrogens with one attached hydrogen (secondary N) is 1. The molecule has 1 aromatic heterocycles. The van der Waals surface area contributed by atoms with E-state index in [9.17, 15) is 9.59 Å². The van der Waals surface area contributed by atoms with Crippen LogP contribution in [-0.4, -0.2) is 61.0 Å². The number of hydrogen-bond donors (Lipinski definition) is 1. The van der Waals surface area contributed by atoms with Gasteiger partial charge in [0.25, 0.3) is 5.91 Å². The van der Waals surface area contributed by atoms with Gasteiger partial charge in [-0.05, 0) is 41.0 Å². The summed E-state index contributed by atoms with van der Waals surface area (Å²) in [5.41, 5.74) is 4.07. The van der Waals surface area contributed by atoms with Crippen LogP contribution in [0.5, 0.6) is 0 Å². The van der Waals surface area contributed by atoms with Crippen molar-refractivity contribution in [2.24, 2.45) is 4.99 Å². The van der Waals surface area contributed by atoms with Gasteiger partial charge >= 0.3 is 5.97 Å². The molecule has 1 aliphatic heterocycles. The molecule has 3 aromatic carbocycles. The lowest BCUT2D eigenvalue weighted by atomic mass is 9.98. The quantitative estimate of drug-likeness (QED) is 0.327. The molecule has 5 rings (SSSR count). The van der Waals surface area contributed by atoms with Crippen molar-refractivity contribution in [1.29, 1.82) is 0 Å². The van der Waals surface area contributed by atoms with Gasteiger partial charge < -0.3 is 9.64 Å². The number of esters is 1. The van der Waals surface area contributed by atoms with Crippen LogP contribution in [0.3, 0.4) is 0 Å². The molecule has 1 unspecified atom stereocenters. The van der Waals surface area contributed by atoms with Crippen LogP contribution in [0.25, 0.3) is 22.5 Å². The lowest BCUT2D eigenvalue weighted by Gasteiger charge is -2.24. The monoisotopic (exact) mass is 546 g/mol. The second kappa shape index (κ2) is 11.6. The number of aromatic amines is 1. The molecule has 192 valence electrons. The van der Waals surface area contributed by atoms with Gasteiger partial charge in [0.2, 0.25) is 5.82 Å². The molecule has 11 heteroatoms. The first-order chi connectivity index (χ1) is 18.5. The van der Waals surface area contributed by atoms with Gasteiger partial charge in [0.1, 0.15) is 6.04 Å². The SMILES string of the molecule is CCOC(=O)C1CSC(=NC(=O)c2ccccc2Cl)N1Cc1ccc(-c2ccccc2-c2nn[nH]n2)cc1. The Morgan fingerprint density at radius 2 is 1.82 bits per heavy atom. The zero-order valence-electron chi connectivity index (χ0n) is 20.4. The lowest BCUT2D eigenvalue weighted by Crippen LogP contribution is -2.40. The largest absolute Gasteiger partial charge is 0.464 e. The van der Waals surface area contributed by atoms with Gasteiger partial charge in [-0.1, -0.05) is 84.0 Å². The van der Waals surface area contributed by atoms with E-state index < -0.39 is 11.9 Å². The number of amides is 1. The van der Waals surface area contributed by atoms with E-state index in [1.165, 1.54) is 11.8 Å². The van der Waals surface area contributed by atoms with Gasteiger partial charge in [-0.2, -0.15) is 10.2 Å². The molecule has 1 saturated heterocycles. The standard InChI is InChI=1S/C27H23ClN6O3S/c1-2-37-26(36)23-16-38-27(29-25(35)21-9-5-6-10-22(21)28)34(23)15-17-11-13-18(14-12-17)19-7-3-4-8-20(19)24-30-32-33-31-24/h3-14,23H,2,15-16H2,1H3,(H,30,31,32,33). The third kappa shape index (κ3) is 5.46. The van der Waals surface area contributed by atoms with Crippen molar-refractivity contribution in [2.45, 2.75) is 19.5 Å². The second-order valence-corrected chi connectivity index (χ2v) is 9.76. The van der Waals surface area contributed by atoms with E-state index in [0.717, 1.165) is 22.3 Å². The van der Waals surface area contributed by atoms with E-state index in [-0.39, 0.29) is 12.6 Å². The number of H-pyrrole nitrogens is 1. The Hall–Kier alpha value is -4.02. The molecule has 1 fully saturated rings. The molecule has 9 nitrogen and oxygen atoms in total. The number of ether oxygens (including phenoxy) is 1. The number of carbonyl (C=O) groups is 2. The number of thioether (sulfide) groups is 1. The summed E-state index contributed by atoms with van der Waals surface area (Å²) in [5, 5.41) is 15.2. The highest BCUT2D eigenvalue weighted by Gasteiger charge is 2.37. The summed E-state index contributed by atoms with van der Waals surface area (Å²) in [5.74, 6) is 0.144. The van der Waals surface area contributed by atoms with Crippen LogP contribution >= 0.6 is 23.4 Å². The van der Waals surface area contributed by atoms with Crippen LogP contribution in [0, 0.1) is 0 Å². The Labute approximate surface area is 228 Å². The average molecular weight is 547 g/mol. The van der Waals surface area contributed by atoms with Crippen molar-refractivity contribution in [3.05, 3.63) is 88.9 Å². The normalized spacial score (nSPS) is 16.1. The summed E-state index contributed by atoms with van der Waals surface area (Å²) in [6.07, 6.45) is 0. The number of rotatable bonds is 7. The van der Waals surface area contributed by atoms with Crippen molar-refractivity contribution in [1.82, 2.24) is 25.5 Å². The zero-order chi connectivity index (χ0) is 26.5. The van der Waals surface area contributed by atoms with Gasteiger partial charge in [0, 0.05) is 17.9 Å². The van der Waals surface area contributed by atoms with Gasteiger partial charge in [-0.3, -0.25) is 4.79 Å². The third-order valence-electron chi connectivity index (χ3n) is 5.98. The van der Waals surface area contributed by atoms with E-state index in [0.29, 0.717) is 33.9 Å². The van der Waals surface area contributed by atoms with Crippen molar-refractivity contribution in [3.8, 4) is 22.5 Å². The smallest absolute Gasteiger partial charge is 0.329 e. The van der Waals surface area contributed by atoms with Crippen LogP contribution < -0.4 is 0 Å². The summed E-state index contributed by atoms with van der Waals surface area (Å²) >= 11 is 7.55. The average Bonchev–Trinajstić information content (AvgIpc) is 3.60. The number of aromatic nitrogens is 4. The molecule has 0 saturated carbocycles. The number of halogens is 1. The van der Waals surface area contributed by atoms with Crippen LogP contribution in [0.2, 0.25) is 5.02 Å². The summed E-state index contributed by atoms with van der Waals surface area (Å²) in [7, 11) is 0. The van der Waals surface area contributed by atoms with Gasteiger partial charge in [0.15, 0.2) is 5.17 Å². The highest BCUT2D eigenvalue weighted by atomic mass is 35.5. The van der Waals surface area contributed by atoms with E-state index >= 15 is 0 Å². The van der Waals surface area contributed by atoms with E-state index in [4.69, 9.17) is 16.3 Å². The molecule has 0 spiro atoms. The minimum absolute atomic E-state index is 0.271. The maximum absolute atomic E-state index is 12.9.